The highest BCUT2D eigenvalue weighted by Crippen LogP contribution is 2.27. The molecule has 0 aliphatic heterocycles. The standard InChI is InChI=1S/C10H10Br2OS/c1-14-10-4-2-3-9(12)8(10)5-7(13)6-11/h2-4H,5-6H2,1H3. The number of Topliss-reactive ketones (excluding diaryl/α,β-unsaturated/α-hetero) is 1. The maximum absolute atomic E-state index is 11.3. The zero-order chi connectivity index (χ0) is 10.6. The van der Waals surface area contributed by atoms with Gasteiger partial charge in [-0.25, -0.2) is 0 Å². The number of benzene rings is 1. The van der Waals surface area contributed by atoms with Gasteiger partial charge in [-0.2, -0.15) is 0 Å². The van der Waals surface area contributed by atoms with Crippen LogP contribution in [0.5, 0.6) is 0 Å². The van der Waals surface area contributed by atoms with E-state index in [2.05, 4.69) is 31.9 Å². The molecule has 1 rings (SSSR count). The number of ketones is 1. The number of alkyl halides is 1. The molecule has 76 valence electrons. The Morgan fingerprint density at radius 2 is 2.21 bits per heavy atom. The Kier molecular flexibility index (Phi) is 5.20. The van der Waals surface area contributed by atoms with Gasteiger partial charge in [-0.3, -0.25) is 4.79 Å². The molecule has 0 amide bonds. The van der Waals surface area contributed by atoms with Gasteiger partial charge in [0.1, 0.15) is 5.78 Å². The smallest absolute Gasteiger partial charge is 0.147 e. The van der Waals surface area contributed by atoms with Crippen LogP contribution in [0.1, 0.15) is 5.56 Å². The molecule has 1 aromatic rings. The maximum Gasteiger partial charge on any atom is 0.147 e. The first-order chi connectivity index (χ1) is 6.69. The van der Waals surface area contributed by atoms with Gasteiger partial charge in [0.05, 0.1) is 5.33 Å². The summed E-state index contributed by atoms with van der Waals surface area (Å²) in [5.41, 5.74) is 1.09. The largest absolute Gasteiger partial charge is 0.298 e. The van der Waals surface area contributed by atoms with Crippen molar-refractivity contribution in [1.29, 1.82) is 0 Å². The highest BCUT2D eigenvalue weighted by atomic mass is 79.9. The zero-order valence-electron chi connectivity index (χ0n) is 7.72. The molecule has 0 aliphatic carbocycles. The van der Waals surface area contributed by atoms with Crippen molar-refractivity contribution in [3.8, 4) is 0 Å². The van der Waals surface area contributed by atoms with Gasteiger partial charge in [0.15, 0.2) is 0 Å². The predicted octanol–water partition coefficient (Wildman–Crippen LogP) is 3.68. The van der Waals surface area contributed by atoms with E-state index in [1.54, 1.807) is 11.8 Å². The van der Waals surface area contributed by atoms with Crippen molar-refractivity contribution >= 4 is 49.4 Å². The number of hydrogen-bond donors (Lipinski definition) is 0. The fraction of sp³-hybridized carbons (Fsp3) is 0.300. The van der Waals surface area contributed by atoms with Crippen LogP contribution in [0.25, 0.3) is 0 Å². The van der Waals surface area contributed by atoms with Gasteiger partial charge in [0.2, 0.25) is 0 Å². The third-order valence-electron chi connectivity index (χ3n) is 1.82. The Morgan fingerprint density at radius 3 is 2.79 bits per heavy atom. The van der Waals surface area contributed by atoms with Crippen LogP contribution >= 0.6 is 43.6 Å². The van der Waals surface area contributed by atoms with Crippen molar-refractivity contribution in [1.82, 2.24) is 0 Å². The quantitative estimate of drug-likeness (QED) is 0.616. The van der Waals surface area contributed by atoms with Crippen molar-refractivity contribution in [3.05, 3.63) is 28.2 Å². The van der Waals surface area contributed by atoms with E-state index in [0.29, 0.717) is 11.8 Å². The van der Waals surface area contributed by atoms with Crippen LogP contribution in [0, 0.1) is 0 Å². The lowest BCUT2D eigenvalue weighted by Crippen LogP contribution is -2.05. The molecule has 0 unspecified atom stereocenters. The number of carbonyl (C=O) groups excluding carboxylic acids is 1. The number of halogens is 2. The molecule has 0 radical (unpaired) electrons. The average Bonchev–Trinajstić information content (AvgIpc) is 2.20. The minimum absolute atomic E-state index is 0.201. The summed E-state index contributed by atoms with van der Waals surface area (Å²) in [6.45, 7) is 0. The van der Waals surface area contributed by atoms with Crippen LogP contribution in [0.3, 0.4) is 0 Å². The third-order valence-corrected chi connectivity index (χ3v) is 4.01. The van der Waals surface area contributed by atoms with Crippen LogP contribution in [-0.4, -0.2) is 17.4 Å². The maximum atomic E-state index is 11.3. The Labute approximate surface area is 105 Å². The summed E-state index contributed by atoms with van der Waals surface area (Å²) in [5, 5.41) is 0.419. The zero-order valence-corrected chi connectivity index (χ0v) is 11.7. The van der Waals surface area contributed by atoms with Crippen molar-refractivity contribution < 1.29 is 4.79 Å². The lowest BCUT2D eigenvalue weighted by molar-refractivity contribution is -0.115. The topological polar surface area (TPSA) is 17.1 Å². The van der Waals surface area contributed by atoms with Crippen LogP contribution < -0.4 is 0 Å². The van der Waals surface area contributed by atoms with Crippen LogP contribution in [-0.2, 0) is 11.2 Å². The summed E-state index contributed by atoms with van der Waals surface area (Å²) in [7, 11) is 0. The average molecular weight is 338 g/mol. The molecule has 0 aliphatic rings. The van der Waals surface area contributed by atoms with Crippen LogP contribution in [0.15, 0.2) is 27.6 Å². The monoisotopic (exact) mass is 336 g/mol. The van der Waals surface area contributed by atoms with E-state index in [1.807, 2.05) is 24.5 Å². The molecule has 0 fully saturated rings. The van der Waals surface area contributed by atoms with E-state index in [4.69, 9.17) is 0 Å². The molecule has 0 N–H and O–H groups in total. The Balaban J connectivity index is 2.98. The summed E-state index contributed by atoms with van der Waals surface area (Å²) in [6.07, 6.45) is 2.51. The number of rotatable bonds is 4. The second-order valence-electron chi connectivity index (χ2n) is 2.77. The molecular weight excluding hydrogens is 328 g/mol. The van der Waals surface area contributed by atoms with Gasteiger partial charge in [-0.1, -0.05) is 37.9 Å². The van der Waals surface area contributed by atoms with E-state index in [1.165, 1.54) is 0 Å². The van der Waals surface area contributed by atoms with E-state index >= 15 is 0 Å². The summed E-state index contributed by atoms with van der Waals surface area (Å²) < 4.78 is 1.01. The highest BCUT2D eigenvalue weighted by molar-refractivity contribution is 9.10. The Hall–Kier alpha value is 0.200. The molecule has 0 saturated heterocycles. The number of hydrogen-bond acceptors (Lipinski definition) is 2. The minimum Gasteiger partial charge on any atom is -0.298 e. The summed E-state index contributed by atoms with van der Waals surface area (Å²) in [4.78, 5) is 12.5. The van der Waals surface area contributed by atoms with E-state index in [-0.39, 0.29) is 5.78 Å². The normalized spacial score (nSPS) is 10.2. The minimum atomic E-state index is 0.201. The molecule has 0 heterocycles. The summed E-state index contributed by atoms with van der Waals surface area (Å²) in [6, 6.07) is 5.99. The van der Waals surface area contributed by atoms with Gasteiger partial charge in [-0.15, -0.1) is 11.8 Å². The first kappa shape index (κ1) is 12.3. The summed E-state index contributed by atoms with van der Waals surface area (Å²) >= 11 is 8.30. The molecule has 0 saturated carbocycles. The van der Waals surface area contributed by atoms with E-state index in [0.717, 1.165) is 14.9 Å². The number of carbonyl (C=O) groups is 1. The van der Waals surface area contributed by atoms with Gasteiger partial charge < -0.3 is 0 Å². The van der Waals surface area contributed by atoms with Gasteiger partial charge in [-0.05, 0) is 24.0 Å². The van der Waals surface area contributed by atoms with Crippen LogP contribution in [0.4, 0.5) is 0 Å². The van der Waals surface area contributed by atoms with Gasteiger partial charge in [0, 0.05) is 15.8 Å². The molecule has 0 atom stereocenters. The van der Waals surface area contributed by atoms with E-state index in [9.17, 15) is 4.79 Å². The number of thioether (sulfide) groups is 1. The fourth-order valence-corrected chi connectivity index (χ4v) is 2.63. The SMILES string of the molecule is CSc1cccc(Br)c1CC(=O)CBr. The van der Waals surface area contributed by atoms with Crippen molar-refractivity contribution in [2.24, 2.45) is 0 Å². The van der Waals surface area contributed by atoms with Crippen molar-refractivity contribution in [3.63, 3.8) is 0 Å². The van der Waals surface area contributed by atoms with Crippen molar-refractivity contribution in [2.75, 3.05) is 11.6 Å². The second kappa shape index (κ2) is 5.93. The first-order valence-electron chi connectivity index (χ1n) is 4.08. The molecule has 0 spiro atoms. The molecule has 1 aromatic carbocycles. The first-order valence-corrected chi connectivity index (χ1v) is 7.22. The lowest BCUT2D eigenvalue weighted by atomic mass is 10.1. The molecule has 0 bridgehead atoms. The van der Waals surface area contributed by atoms with Crippen molar-refractivity contribution in [2.45, 2.75) is 11.3 Å². The Morgan fingerprint density at radius 1 is 1.50 bits per heavy atom. The van der Waals surface area contributed by atoms with Gasteiger partial charge >= 0.3 is 0 Å². The molecular formula is C10H10Br2OS. The lowest BCUT2D eigenvalue weighted by Gasteiger charge is -2.07. The van der Waals surface area contributed by atoms with E-state index < -0.39 is 0 Å². The van der Waals surface area contributed by atoms with Gasteiger partial charge in [0.25, 0.3) is 0 Å². The van der Waals surface area contributed by atoms with Crippen LogP contribution in [0.2, 0.25) is 0 Å². The Bertz CT molecular complexity index is 339. The predicted molar refractivity (Wildman–Crippen MR) is 68.4 cm³/mol. The molecule has 1 nitrogen and oxygen atoms in total. The summed E-state index contributed by atoms with van der Waals surface area (Å²) in [5.74, 6) is 0.201. The molecule has 14 heavy (non-hydrogen) atoms. The molecule has 0 aromatic heterocycles. The second-order valence-corrected chi connectivity index (χ2v) is 5.03. The highest BCUT2D eigenvalue weighted by Gasteiger charge is 2.09. The molecule has 4 heteroatoms. The fourth-order valence-electron chi connectivity index (χ4n) is 1.15. The third kappa shape index (κ3) is 3.11.